The molecule has 0 aromatic carbocycles. The van der Waals surface area contributed by atoms with Gasteiger partial charge in [0, 0.05) is 0 Å². The molecule has 0 aliphatic rings. The van der Waals surface area contributed by atoms with Crippen LogP contribution in [0.3, 0.4) is 0 Å². The van der Waals surface area contributed by atoms with E-state index < -0.39 is 0 Å². The van der Waals surface area contributed by atoms with E-state index >= 15 is 0 Å². The Morgan fingerprint density at radius 1 is 0.750 bits per heavy atom. The van der Waals surface area contributed by atoms with E-state index in [0.717, 1.165) is 0 Å². The second-order valence-electron chi connectivity index (χ2n) is 0. The van der Waals surface area contributed by atoms with Gasteiger partial charge in [-0.3, -0.25) is 0 Å². The first kappa shape index (κ1) is 126. The molecule has 3 heteroatoms. The molecule has 0 radical (unpaired) electrons. The van der Waals surface area contributed by atoms with Gasteiger partial charge in [-0.25, -0.2) is 0 Å². The Labute approximate surface area is 42.8 Å². The Morgan fingerprint density at radius 3 is 0.750 bits per heavy atom. The van der Waals surface area contributed by atoms with Crippen LogP contribution in [0.15, 0.2) is 0 Å². The molecule has 0 heterocycles. The van der Waals surface area contributed by atoms with Gasteiger partial charge in [0.1, 0.15) is 0 Å². The zero-order valence-corrected chi connectivity index (χ0v) is 4.17. The van der Waals surface area contributed by atoms with Crippen LogP contribution in [-0.2, 0) is 11.0 Å². The first-order chi connectivity index (χ1) is 0. The quantitative estimate of drug-likeness (QED) is 0.456. The summed E-state index contributed by atoms with van der Waals surface area (Å²) in [5.74, 6) is 0. The van der Waals surface area contributed by atoms with Crippen LogP contribution in [0.4, 0.5) is 0 Å². The van der Waals surface area contributed by atoms with Crippen molar-refractivity contribution in [3.8, 4) is 0 Å². The predicted octanol–water partition coefficient (Wildman–Crippen LogP) is 0.0177. The van der Waals surface area contributed by atoms with Crippen LogP contribution < -0.4 is 0 Å². The zero-order chi connectivity index (χ0) is 0. The van der Waals surface area contributed by atoms with Crippen LogP contribution in [0.1, 0.15) is 7.43 Å². The fraction of sp³-hybridized carbons (Fsp3) is 1.00. The number of rotatable bonds is 0. The molecule has 0 saturated carbocycles. The summed E-state index contributed by atoms with van der Waals surface area (Å²) < 4.78 is 0. The topological polar surface area (TPSA) is 57.0 Å². The van der Waals surface area contributed by atoms with Crippen molar-refractivity contribution in [2.24, 2.45) is 0 Å². The summed E-state index contributed by atoms with van der Waals surface area (Å²) in [7, 11) is 0. The van der Waals surface area contributed by atoms with E-state index in [-0.39, 0.29) is 42.3 Å². The zero-order valence-electron chi connectivity index (χ0n) is 1.32. The van der Waals surface area contributed by atoms with Crippen molar-refractivity contribution in [2.45, 2.75) is 7.43 Å². The van der Waals surface area contributed by atoms with Crippen molar-refractivity contribution in [1.29, 1.82) is 0 Å². The van der Waals surface area contributed by atoms with Crippen molar-refractivity contribution in [3.63, 3.8) is 0 Å². The van der Waals surface area contributed by atoms with E-state index in [9.17, 15) is 0 Å². The molecule has 0 bridgehead atoms. The Morgan fingerprint density at radius 2 is 0.750 bits per heavy atom. The molecule has 2 nitrogen and oxygen atoms in total. The second kappa shape index (κ2) is 53.2. The van der Waals surface area contributed by atoms with Crippen LogP contribution in [0.5, 0.6) is 0 Å². The summed E-state index contributed by atoms with van der Waals surface area (Å²) in [4.78, 5) is 0. The van der Waals surface area contributed by atoms with Gasteiger partial charge in [0.15, 0.2) is 0 Å². The Hall–Kier alpha value is 0.719. The molecule has 0 amide bonds. The van der Waals surface area contributed by atoms with E-state index in [2.05, 4.69) is 0 Å². The van der Waals surface area contributed by atoms with Gasteiger partial charge in [0.25, 0.3) is 0 Å². The average molecular weight is 167 g/mol. The standard InChI is InChI=1S/CH4.2O.Sn/h1H4;;;/q;2*-2;+4. The molecule has 0 aromatic rings. The van der Waals surface area contributed by atoms with Crippen molar-refractivity contribution >= 4 is 23.9 Å². The molecule has 0 spiro atoms. The van der Waals surface area contributed by atoms with Crippen molar-refractivity contribution < 1.29 is 11.0 Å². The maximum Gasteiger partial charge on any atom is 4.00 e. The minimum absolute atomic E-state index is 0. The minimum Gasteiger partial charge on any atom is -2.00 e. The maximum atomic E-state index is 0. The molecule has 0 saturated heterocycles. The van der Waals surface area contributed by atoms with Crippen LogP contribution in [0.2, 0.25) is 0 Å². The number of hydrogen-bond donors (Lipinski definition) is 0. The van der Waals surface area contributed by atoms with E-state index in [0.29, 0.717) is 0 Å². The summed E-state index contributed by atoms with van der Waals surface area (Å²) in [6.45, 7) is 0. The first-order valence-electron chi connectivity index (χ1n) is 0. The van der Waals surface area contributed by atoms with Crippen LogP contribution in [-0.4, -0.2) is 23.9 Å². The normalized spacial score (nSPS) is 0. The molecule has 0 aliphatic carbocycles. The minimum atomic E-state index is 0. The predicted molar refractivity (Wildman–Crippen MR) is 13.9 cm³/mol. The van der Waals surface area contributed by atoms with Gasteiger partial charge in [-0.2, -0.15) is 0 Å². The molecule has 0 N–H and O–H groups in total. The summed E-state index contributed by atoms with van der Waals surface area (Å²) in [5.41, 5.74) is 0. The van der Waals surface area contributed by atoms with E-state index in [1.54, 1.807) is 0 Å². The van der Waals surface area contributed by atoms with Crippen molar-refractivity contribution in [2.75, 3.05) is 0 Å². The average Bonchev–Trinajstić information content (AvgIpc) is 0. The first-order valence-corrected chi connectivity index (χ1v) is 0. The van der Waals surface area contributed by atoms with Gasteiger partial charge in [-0.05, 0) is 0 Å². The van der Waals surface area contributed by atoms with Crippen molar-refractivity contribution in [1.82, 2.24) is 0 Å². The molecule has 0 aliphatic heterocycles. The van der Waals surface area contributed by atoms with Gasteiger partial charge in [-0.15, -0.1) is 0 Å². The summed E-state index contributed by atoms with van der Waals surface area (Å²) in [6.07, 6.45) is 0. The molecule has 0 fully saturated rings. The third kappa shape index (κ3) is 15.5. The van der Waals surface area contributed by atoms with Gasteiger partial charge in [-0.1, -0.05) is 7.43 Å². The third-order valence-electron chi connectivity index (χ3n) is 0. The molecule has 24 valence electrons. The fourth-order valence-electron chi connectivity index (χ4n) is 0. The van der Waals surface area contributed by atoms with Crippen LogP contribution in [0, 0.1) is 0 Å². The van der Waals surface area contributed by atoms with Crippen molar-refractivity contribution in [3.05, 3.63) is 0 Å². The second-order valence-corrected chi connectivity index (χ2v) is 0. The fourth-order valence-corrected chi connectivity index (χ4v) is 0. The molecule has 0 unspecified atom stereocenters. The SMILES string of the molecule is C.[O-2].[O-2].[Sn+4]. The van der Waals surface area contributed by atoms with Gasteiger partial charge >= 0.3 is 23.9 Å². The van der Waals surface area contributed by atoms with Crippen LogP contribution >= 0.6 is 0 Å². The number of hydrogen-bond acceptors (Lipinski definition) is 0. The Balaban J connectivity index is 0. The Kier molecular flexibility index (Phi) is 1680. The molecule has 0 aromatic heterocycles. The Bertz CT molecular complexity index is 6.00. The van der Waals surface area contributed by atoms with E-state index in [4.69, 9.17) is 0 Å². The largest absolute Gasteiger partial charge is 4.00 e. The van der Waals surface area contributed by atoms with Gasteiger partial charge in [0.05, 0.1) is 0 Å². The summed E-state index contributed by atoms with van der Waals surface area (Å²) in [6, 6.07) is 0. The monoisotopic (exact) mass is 168 g/mol. The third-order valence-corrected chi connectivity index (χ3v) is 0. The van der Waals surface area contributed by atoms with E-state index in [1.165, 1.54) is 0 Å². The van der Waals surface area contributed by atoms with Gasteiger partial charge < -0.3 is 11.0 Å². The molecular formula is CH4O2Sn. The molecule has 0 atom stereocenters. The van der Waals surface area contributed by atoms with Crippen LogP contribution in [0.25, 0.3) is 0 Å². The maximum absolute atomic E-state index is 0. The smallest absolute Gasteiger partial charge is 2.00 e. The summed E-state index contributed by atoms with van der Waals surface area (Å²) in [5, 5.41) is 0. The molecule has 0 rings (SSSR count). The van der Waals surface area contributed by atoms with Gasteiger partial charge in [0.2, 0.25) is 0 Å². The summed E-state index contributed by atoms with van der Waals surface area (Å²) >= 11 is 0. The van der Waals surface area contributed by atoms with E-state index in [1.807, 2.05) is 0 Å². The molecule has 4 heavy (non-hydrogen) atoms. The molecular weight excluding hydrogens is 163 g/mol.